The Hall–Kier alpha value is -1.44. The first kappa shape index (κ1) is 19.9. The number of urea groups is 1. The van der Waals surface area contributed by atoms with Crippen LogP contribution in [-0.4, -0.2) is 53.7 Å². The van der Waals surface area contributed by atoms with Crippen LogP contribution >= 0.6 is 0 Å². The molecule has 1 aliphatic heterocycles. The summed E-state index contributed by atoms with van der Waals surface area (Å²) in [4.78, 5) is 14.8. The normalized spacial score (nSPS) is 19.8. The molecule has 2 aliphatic carbocycles. The second-order valence-electron chi connectivity index (χ2n) is 8.17. The Morgan fingerprint density at radius 1 is 1.14 bits per heavy atom. The maximum Gasteiger partial charge on any atom is 0.331 e. The van der Waals surface area contributed by atoms with Gasteiger partial charge in [0.1, 0.15) is 11.0 Å². The summed E-state index contributed by atoms with van der Waals surface area (Å²) in [6, 6.07) is 2.02. The molecular weight excluding hydrogens is 374 g/mol. The second-order valence-corrected chi connectivity index (χ2v) is 9.63. The number of amides is 2. The maximum absolute atomic E-state index is 12.5. The van der Waals surface area contributed by atoms with Gasteiger partial charge in [-0.15, -0.1) is 0 Å². The van der Waals surface area contributed by atoms with Crippen LogP contribution < -0.4 is 10.0 Å². The molecule has 0 spiro atoms. The lowest BCUT2D eigenvalue weighted by atomic mass is 9.99. The molecule has 6 nitrogen and oxygen atoms in total. The van der Waals surface area contributed by atoms with Gasteiger partial charge in [0.2, 0.25) is 0 Å². The van der Waals surface area contributed by atoms with Gasteiger partial charge < -0.3 is 15.0 Å². The maximum atomic E-state index is 12.5. The van der Waals surface area contributed by atoms with Crippen LogP contribution in [0.5, 0.6) is 0 Å². The van der Waals surface area contributed by atoms with Gasteiger partial charge in [0.25, 0.3) is 0 Å². The zero-order chi connectivity index (χ0) is 19.5. The van der Waals surface area contributed by atoms with E-state index >= 15 is 0 Å². The van der Waals surface area contributed by atoms with Gasteiger partial charge in [0.05, 0.1) is 5.25 Å². The number of nitrogens with zero attached hydrogens (tertiary/aromatic N) is 1. The third kappa shape index (κ3) is 4.26. The second kappa shape index (κ2) is 8.93. The van der Waals surface area contributed by atoms with Crippen LogP contribution in [0.2, 0.25) is 0 Å². The number of hydrogen-bond donors (Lipinski definition) is 2. The fourth-order valence-corrected chi connectivity index (χ4v) is 5.80. The third-order valence-electron chi connectivity index (χ3n) is 6.20. The summed E-state index contributed by atoms with van der Waals surface area (Å²) in [6.45, 7) is 3.37. The van der Waals surface area contributed by atoms with E-state index in [4.69, 9.17) is 4.74 Å². The van der Waals surface area contributed by atoms with E-state index in [-0.39, 0.29) is 11.3 Å². The van der Waals surface area contributed by atoms with Crippen molar-refractivity contribution in [3.8, 4) is 0 Å². The number of unbranched alkanes of at least 4 members (excludes halogenated alkanes) is 1. The fraction of sp³-hybridized carbons (Fsp3) is 0.667. The van der Waals surface area contributed by atoms with Crippen LogP contribution in [0.25, 0.3) is 0 Å². The van der Waals surface area contributed by atoms with Crippen molar-refractivity contribution in [2.45, 2.75) is 56.6 Å². The first-order chi connectivity index (χ1) is 13.7. The van der Waals surface area contributed by atoms with Crippen molar-refractivity contribution < 1.29 is 13.7 Å². The van der Waals surface area contributed by atoms with E-state index in [0.29, 0.717) is 0 Å². The molecule has 1 aromatic carbocycles. The summed E-state index contributed by atoms with van der Waals surface area (Å²) in [5.41, 5.74) is 6.38. The Morgan fingerprint density at radius 3 is 2.46 bits per heavy atom. The minimum Gasteiger partial charge on any atom is -0.385 e. The number of carbonyl (C=O) groups is 1. The molecule has 1 aromatic rings. The van der Waals surface area contributed by atoms with Crippen LogP contribution in [0, 0.1) is 0 Å². The van der Waals surface area contributed by atoms with Crippen molar-refractivity contribution in [1.29, 1.82) is 0 Å². The number of methoxy groups -OCH3 is 1. The lowest BCUT2D eigenvalue weighted by Gasteiger charge is -2.38. The Kier molecular flexibility index (Phi) is 6.33. The number of aryl methyl sites for hydroxylation is 2. The molecular formula is C21H31N3O3S. The number of nitrogens with one attached hydrogen (secondary N) is 2. The van der Waals surface area contributed by atoms with E-state index in [1.807, 2.05) is 0 Å². The minimum atomic E-state index is -1.34. The van der Waals surface area contributed by atoms with Crippen LogP contribution in [0.15, 0.2) is 6.07 Å². The van der Waals surface area contributed by atoms with Gasteiger partial charge in [-0.2, -0.15) is 0 Å². The Labute approximate surface area is 170 Å². The Balaban J connectivity index is 1.29. The average molecular weight is 406 g/mol. The SMILES string of the molecule is COCCCCN1CC(S(=O)NC(=O)Nc2c3c(cc4c2CCC4)CCC3)C1. The molecule has 1 fully saturated rings. The van der Waals surface area contributed by atoms with Gasteiger partial charge in [-0.3, -0.25) is 4.72 Å². The Morgan fingerprint density at radius 2 is 1.82 bits per heavy atom. The predicted molar refractivity (Wildman–Crippen MR) is 112 cm³/mol. The van der Waals surface area contributed by atoms with Crippen LogP contribution in [0.4, 0.5) is 10.5 Å². The Bertz CT molecular complexity index is 730. The topological polar surface area (TPSA) is 70.7 Å². The van der Waals surface area contributed by atoms with Crippen LogP contribution in [-0.2, 0) is 41.4 Å². The number of rotatable bonds is 8. The molecule has 0 aromatic heterocycles. The highest BCUT2D eigenvalue weighted by Gasteiger charge is 2.32. The minimum absolute atomic E-state index is 0.0281. The number of ether oxygens (including phenoxy) is 1. The molecule has 0 radical (unpaired) electrons. The average Bonchev–Trinajstić information content (AvgIpc) is 3.28. The highest BCUT2D eigenvalue weighted by Crippen LogP contribution is 2.38. The summed E-state index contributed by atoms with van der Waals surface area (Å²) in [6.07, 6.45) is 8.72. The molecule has 154 valence electrons. The molecule has 0 saturated carbocycles. The largest absolute Gasteiger partial charge is 0.385 e. The van der Waals surface area contributed by atoms with E-state index in [1.165, 1.54) is 22.3 Å². The fourth-order valence-electron chi connectivity index (χ4n) is 4.70. The summed E-state index contributed by atoms with van der Waals surface area (Å²) in [5, 5.41) is 3.09. The smallest absolute Gasteiger partial charge is 0.331 e. The van der Waals surface area contributed by atoms with Crippen molar-refractivity contribution >= 4 is 22.7 Å². The molecule has 1 heterocycles. The monoisotopic (exact) mass is 405 g/mol. The third-order valence-corrected chi connectivity index (χ3v) is 7.49. The van der Waals surface area contributed by atoms with Crippen molar-refractivity contribution in [3.05, 3.63) is 28.3 Å². The summed E-state index contributed by atoms with van der Waals surface area (Å²) >= 11 is 0. The van der Waals surface area contributed by atoms with E-state index < -0.39 is 11.0 Å². The van der Waals surface area contributed by atoms with E-state index in [2.05, 4.69) is 21.0 Å². The molecule has 28 heavy (non-hydrogen) atoms. The van der Waals surface area contributed by atoms with Crippen LogP contribution in [0.3, 0.4) is 0 Å². The first-order valence-electron chi connectivity index (χ1n) is 10.5. The van der Waals surface area contributed by atoms with E-state index in [9.17, 15) is 9.00 Å². The molecule has 2 amide bonds. The zero-order valence-electron chi connectivity index (χ0n) is 16.7. The molecule has 3 aliphatic rings. The number of fused-ring (bicyclic) bond motifs is 2. The predicted octanol–water partition coefficient (Wildman–Crippen LogP) is 2.56. The van der Waals surface area contributed by atoms with Crippen molar-refractivity contribution in [2.24, 2.45) is 0 Å². The lowest BCUT2D eigenvalue weighted by molar-refractivity contribution is 0.161. The first-order valence-corrected chi connectivity index (χ1v) is 11.7. The standard InChI is InChI=1S/C21H31N3O3S/c1-27-11-3-2-10-24-13-17(14-24)28(26)23-21(25)22-20-18-8-4-6-15(18)12-16-7-5-9-19(16)20/h12,17H,2-11,13-14H2,1H3,(H2,22,23,25). The van der Waals surface area contributed by atoms with Crippen molar-refractivity contribution in [2.75, 3.05) is 38.7 Å². The van der Waals surface area contributed by atoms with Gasteiger partial charge in [-0.1, -0.05) is 6.07 Å². The zero-order valence-corrected chi connectivity index (χ0v) is 17.5. The lowest BCUT2D eigenvalue weighted by Crippen LogP contribution is -2.56. The van der Waals surface area contributed by atoms with Gasteiger partial charge in [-0.25, -0.2) is 9.00 Å². The molecule has 2 N–H and O–H groups in total. The van der Waals surface area contributed by atoms with Crippen LogP contribution in [0.1, 0.15) is 47.9 Å². The van der Waals surface area contributed by atoms with Gasteiger partial charge in [0, 0.05) is 32.5 Å². The number of hydrogen-bond acceptors (Lipinski definition) is 4. The molecule has 0 bridgehead atoms. The molecule has 1 saturated heterocycles. The quantitative estimate of drug-likeness (QED) is 0.652. The molecule has 4 rings (SSSR count). The highest BCUT2D eigenvalue weighted by atomic mass is 32.2. The molecule has 1 atom stereocenters. The number of carbonyl (C=O) groups excluding carboxylic acids is 1. The van der Waals surface area contributed by atoms with E-state index in [0.717, 1.165) is 83.3 Å². The highest BCUT2D eigenvalue weighted by molar-refractivity contribution is 7.84. The van der Waals surface area contributed by atoms with Gasteiger partial charge in [0.15, 0.2) is 0 Å². The van der Waals surface area contributed by atoms with Crippen molar-refractivity contribution in [3.63, 3.8) is 0 Å². The number of anilines is 1. The molecule has 7 heteroatoms. The number of likely N-dealkylation sites (tertiary alicyclic amines) is 1. The van der Waals surface area contributed by atoms with E-state index in [1.54, 1.807) is 7.11 Å². The summed E-state index contributed by atoms with van der Waals surface area (Å²) in [5.74, 6) is 0. The summed E-state index contributed by atoms with van der Waals surface area (Å²) < 4.78 is 20.3. The summed E-state index contributed by atoms with van der Waals surface area (Å²) in [7, 11) is 0.383. The molecule has 1 unspecified atom stereocenters. The van der Waals surface area contributed by atoms with Gasteiger partial charge in [-0.05, 0) is 80.2 Å². The number of benzene rings is 1. The van der Waals surface area contributed by atoms with Gasteiger partial charge >= 0.3 is 6.03 Å². The van der Waals surface area contributed by atoms with Crippen molar-refractivity contribution in [1.82, 2.24) is 9.62 Å².